The molecule has 1 heterocycles. The van der Waals surface area contributed by atoms with E-state index < -0.39 is 0 Å². The number of anilines is 1. The third-order valence-electron chi connectivity index (χ3n) is 3.47. The van der Waals surface area contributed by atoms with Crippen LogP contribution < -0.4 is 11.3 Å². The van der Waals surface area contributed by atoms with Gasteiger partial charge < -0.3 is 5.43 Å². The molecule has 3 rings (SSSR count). The number of rotatable bonds is 2. The summed E-state index contributed by atoms with van der Waals surface area (Å²) in [5.74, 6) is 6.35. The molecule has 20 heavy (non-hydrogen) atoms. The predicted octanol–water partition coefficient (Wildman–Crippen LogP) is 3.80. The van der Waals surface area contributed by atoms with E-state index in [9.17, 15) is 0 Å². The van der Waals surface area contributed by atoms with Crippen LogP contribution >= 0.6 is 0 Å². The first-order valence-corrected chi connectivity index (χ1v) is 6.63. The van der Waals surface area contributed by atoms with Gasteiger partial charge in [0.1, 0.15) is 5.82 Å². The lowest BCUT2D eigenvalue weighted by Crippen LogP contribution is -2.10. The average Bonchev–Trinajstić information content (AvgIpc) is 2.47. The summed E-state index contributed by atoms with van der Waals surface area (Å²) in [5.41, 5.74) is 8.23. The van der Waals surface area contributed by atoms with Gasteiger partial charge in [0.25, 0.3) is 0 Å². The van der Waals surface area contributed by atoms with E-state index in [1.165, 1.54) is 5.56 Å². The van der Waals surface area contributed by atoms with Crippen molar-refractivity contribution in [1.82, 2.24) is 4.98 Å². The number of hydrogen-bond donors (Lipinski definition) is 2. The Morgan fingerprint density at radius 1 is 1.00 bits per heavy atom. The lowest BCUT2D eigenvalue weighted by molar-refractivity contribution is 1.25. The number of aryl methyl sites for hydroxylation is 2. The van der Waals surface area contributed by atoms with Crippen molar-refractivity contribution >= 4 is 16.7 Å². The third kappa shape index (κ3) is 2.12. The van der Waals surface area contributed by atoms with Crippen LogP contribution in [0.3, 0.4) is 0 Å². The lowest BCUT2D eigenvalue weighted by Gasteiger charge is -2.12. The molecule has 0 fully saturated rings. The number of hydrogen-bond acceptors (Lipinski definition) is 3. The van der Waals surface area contributed by atoms with Gasteiger partial charge in [-0.25, -0.2) is 10.8 Å². The van der Waals surface area contributed by atoms with Gasteiger partial charge >= 0.3 is 0 Å². The van der Waals surface area contributed by atoms with E-state index in [2.05, 4.69) is 54.6 Å². The maximum absolute atomic E-state index is 5.65. The molecule has 0 saturated heterocycles. The SMILES string of the molecule is Cc1cc(C)c2nc(NN)c(-c3ccccc3)cc2c1. The van der Waals surface area contributed by atoms with Crippen molar-refractivity contribution in [2.45, 2.75) is 13.8 Å². The number of fused-ring (bicyclic) bond motifs is 1. The number of aromatic nitrogens is 1. The number of benzene rings is 2. The first kappa shape index (κ1) is 12.6. The number of nitrogens with two attached hydrogens (primary N) is 1. The highest BCUT2D eigenvalue weighted by Crippen LogP contribution is 2.31. The van der Waals surface area contributed by atoms with E-state index >= 15 is 0 Å². The molecular formula is C17H17N3. The largest absolute Gasteiger partial charge is 0.308 e. The van der Waals surface area contributed by atoms with Gasteiger partial charge in [-0.1, -0.05) is 42.0 Å². The molecule has 3 nitrogen and oxygen atoms in total. The fraction of sp³-hybridized carbons (Fsp3) is 0.118. The first-order valence-electron chi connectivity index (χ1n) is 6.63. The van der Waals surface area contributed by atoms with Gasteiger partial charge in [-0.2, -0.15) is 0 Å². The van der Waals surface area contributed by atoms with Gasteiger partial charge in [0.2, 0.25) is 0 Å². The van der Waals surface area contributed by atoms with Crippen molar-refractivity contribution < 1.29 is 0 Å². The van der Waals surface area contributed by atoms with E-state index in [1.807, 2.05) is 18.2 Å². The smallest absolute Gasteiger partial charge is 0.148 e. The summed E-state index contributed by atoms with van der Waals surface area (Å²) in [7, 11) is 0. The molecule has 3 heteroatoms. The highest BCUT2D eigenvalue weighted by Gasteiger charge is 2.09. The standard InChI is InChI=1S/C17H17N3/c1-11-8-12(2)16-14(9-11)10-15(17(19-16)20-18)13-6-4-3-5-7-13/h3-10H,18H2,1-2H3,(H,19,20). The monoisotopic (exact) mass is 263 g/mol. The lowest BCUT2D eigenvalue weighted by atomic mass is 10.0. The van der Waals surface area contributed by atoms with Crippen LogP contribution in [0.4, 0.5) is 5.82 Å². The molecule has 0 amide bonds. The predicted molar refractivity (Wildman–Crippen MR) is 84.5 cm³/mol. The molecule has 0 aliphatic carbocycles. The van der Waals surface area contributed by atoms with Gasteiger partial charge in [-0.05, 0) is 37.1 Å². The van der Waals surface area contributed by atoms with E-state index in [0.717, 1.165) is 27.6 Å². The van der Waals surface area contributed by atoms with Gasteiger partial charge in [0.05, 0.1) is 5.52 Å². The van der Waals surface area contributed by atoms with Crippen molar-refractivity contribution in [2.24, 2.45) is 5.84 Å². The fourth-order valence-electron chi connectivity index (χ4n) is 2.60. The zero-order chi connectivity index (χ0) is 14.1. The highest BCUT2D eigenvalue weighted by molar-refractivity contribution is 5.91. The Bertz CT molecular complexity index is 764. The summed E-state index contributed by atoms with van der Waals surface area (Å²) < 4.78 is 0. The molecular weight excluding hydrogens is 246 g/mol. The molecule has 100 valence electrons. The van der Waals surface area contributed by atoms with Crippen molar-refractivity contribution in [3.8, 4) is 11.1 Å². The molecule has 0 atom stereocenters. The second kappa shape index (κ2) is 4.94. The maximum atomic E-state index is 5.65. The molecule has 0 saturated carbocycles. The molecule has 0 radical (unpaired) electrons. The fourth-order valence-corrected chi connectivity index (χ4v) is 2.60. The average molecular weight is 263 g/mol. The second-order valence-corrected chi connectivity index (χ2v) is 5.05. The van der Waals surface area contributed by atoms with Crippen molar-refractivity contribution in [3.63, 3.8) is 0 Å². The van der Waals surface area contributed by atoms with Crippen LogP contribution in [0.15, 0.2) is 48.5 Å². The number of hydrazine groups is 1. The summed E-state index contributed by atoms with van der Waals surface area (Å²) in [5, 5.41) is 1.14. The number of nitrogens with one attached hydrogen (secondary N) is 1. The van der Waals surface area contributed by atoms with Crippen LogP contribution in [0.5, 0.6) is 0 Å². The van der Waals surface area contributed by atoms with Crippen molar-refractivity contribution in [2.75, 3.05) is 5.43 Å². The molecule has 0 spiro atoms. The van der Waals surface area contributed by atoms with E-state index in [0.29, 0.717) is 5.82 Å². The minimum absolute atomic E-state index is 0.704. The number of nitrogens with zero attached hydrogens (tertiary/aromatic N) is 1. The summed E-state index contributed by atoms with van der Waals surface area (Å²) in [6.45, 7) is 4.18. The van der Waals surface area contributed by atoms with E-state index in [1.54, 1.807) is 0 Å². The van der Waals surface area contributed by atoms with Crippen LogP contribution in [-0.4, -0.2) is 4.98 Å². The van der Waals surface area contributed by atoms with Crippen LogP contribution in [-0.2, 0) is 0 Å². The normalized spacial score (nSPS) is 10.8. The van der Waals surface area contributed by atoms with Gasteiger partial charge in [-0.3, -0.25) is 0 Å². The molecule has 1 aromatic heterocycles. The minimum Gasteiger partial charge on any atom is -0.308 e. The minimum atomic E-state index is 0.704. The Balaban J connectivity index is 2.32. The highest BCUT2D eigenvalue weighted by atomic mass is 15.2. The van der Waals surface area contributed by atoms with Crippen molar-refractivity contribution in [1.29, 1.82) is 0 Å². The molecule has 0 bridgehead atoms. The topological polar surface area (TPSA) is 50.9 Å². The molecule has 2 aromatic carbocycles. The van der Waals surface area contributed by atoms with E-state index in [4.69, 9.17) is 5.84 Å². The van der Waals surface area contributed by atoms with Gasteiger partial charge in [-0.15, -0.1) is 0 Å². The third-order valence-corrected chi connectivity index (χ3v) is 3.47. The Morgan fingerprint density at radius 3 is 2.45 bits per heavy atom. The van der Waals surface area contributed by atoms with Crippen LogP contribution in [0.25, 0.3) is 22.0 Å². The molecule has 0 unspecified atom stereocenters. The van der Waals surface area contributed by atoms with Gasteiger partial charge in [0.15, 0.2) is 0 Å². The van der Waals surface area contributed by atoms with Crippen LogP contribution in [0.1, 0.15) is 11.1 Å². The molecule has 3 N–H and O–H groups in total. The second-order valence-electron chi connectivity index (χ2n) is 5.05. The van der Waals surface area contributed by atoms with Crippen LogP contribution in [0, 0.1) is 13.8 Å². The zero-order valence-corrected chi connectivity index (χ0v) is 11.6. The Labute approximate surface area is 118 Å². The maximum Gasteiger partial charge on any atom is 0.148 e. The molecule has 3 aromatic rings. The molecule has 0 aliphatic heterocycles. The van der Waals surface area contributed by atoms with E-state index in [-0.39, 0.29) is 0 Å². The Kier molecular flexibility index (Phi) is 3.12. The Morgan fingerprint density at radius 2 is 1.75 bits per heavy atom. The van der Waals surface area contributed by atoms with Gasteiger partial charge in [0, 0.05) is 10.9 Å². The zero-order valence-electron chi connectivity index (χ0n) is 11.6. The summed E-state index contributed by atoms with van der Waals surface area (Å²) >= 11 is 0. The number of nitrogen functional groups attached to an aromatic ring is 1. The van der Waals surface area contributed by atoms with Crippen molar-refractivity contribution in [3.05, 3.63) is 59.7 Å². The first-order chi connectivity index (χ1) is 9.69. The summed E-state index contributed by atoms with van der Waals surface area (Å²) in [6, 6.07) is 16.6. The molecule has 0 aliphatic rings. The quantitative estimate of drug-likeness (QED) is 0.546. The number of pyridine rings is 1. The summed E-state index contributed by atoms with van der Waals surface area (Å²) in [6.07, 6.45) is 0. The summed E-state index contributed by atoms with van der Waals surface area (Å²) in [4.78, 5) is 4.67. The van der Waals surface area contributed by atoms with Crippen LogP contribution in [0.2, 0.25) is 0 Å². The Hall–Kier alpha value is -2.39.